The molecule has 140 valence electrons. The van der Waals surface area contributed by atoms with E-state index < -0.39 is 17.6 Å². The number of cyclic esters (lactones) is 2. The van der Waals surface area contributed by atoms with Crippen LogP contribution in [-0.2, 0) is 22.5 Å². The van der Waals surface area contributed by atoms with Gasteiger partial charge in [0.05, 0.1) is 6.54 Å². The van der Waals surface area contributed by atoms with Crippen molar-refractivity contribution in [2.45, 2.75) is 25.4 Å². The van der Waals surface area contributed by atoms with Crippen LogP contribution >= 0.6 is 0 Å². The smallest absolute Gasteiger partial charge is 0.418 e. The van der Waals surface area contributed by atoms with E-state index in [0.717, 1.165) is 27.4 Å². The van der Waals surface area contributed by atoms with Gasteiger partial charge in [-0.05, 0) is 30.7 Å². The number of carbonyl (C=O) groups excluding carboxylic acids is 2. The first-order valence-corrected chi connectivity index (χ1v) is 9.11. The minimum atomic E-state index is -1.11. The van der Waals surface area contributed by atoms with Gasteiger partial charge in [-0.1, -0.05) is 36.4 Å². The number of ether oxygens (including phenoxy) is 1. The Morgan fingerprint density at radius 1 is 1.07 bits per heavy atom. The highest BCUT2D eigenvalue weighted by Crippen LogP contribution is 2.34. The van der Waals surface area contributed by atoms with Gasteiger partial charge in [0.15, 0.2) is 0 Å². The van der Waals surface area contributed by atoms with Crippen LogP contribution in [0, 0.1) is 0 Å². The maximum atomic E-state index is 12.6. The summed E-state index contributed by atoms with van der Waals surface area (Å²) < 4.78 is 10.8. The Bertz CT molecular complexity index is 1190. The molecule has 1 unspecified atom stereocenters. The molecule has 28 heavy (non-hydrogen) atoms. The quantitative estimate of drug-likeness (QED) is 0.424. The van der Waals surface area contributed by atoms with Crippen molar-refractivity contribution in [1.82, 2.24) is 9.88 Å². The second kappa shape index (κ2) is 5.99. The summed E-state index contributed by atoms with van der Waals surface area (Å²) in [7, 11) is 0. The minimum Gasteiger partial charge on any atom is -0.459 e. The fourth-order valence-electron chi connectivity index (χ4n) is 3.88. The number of furan rings is 1. The fraction of sp³-hybridized carbons (Fsp3) is 0.182. The third kappa shape index (κ3) is 2.49. The molecule has 1 atom stereocenters. The van der Waals surface area contributed by atoms with Gasteiger partial charge in [0.2, 0.25) is 0 Å². The van der Waals surface area contributed by atoms with E-state index in [1.165, 1.54) is 4.90 Å². The van der Waals surface area contributed by atoms with Crippen LogP contribution in [-0.4, -0.2) is 27.5 Å². The maximum Gasteiger partial charge on any atom is 0.418 e. The van der Waals surface area contributed by atoms with Gasteiger partial charge in [0, 0.05) is 28.9 Å². The van der Waals surface area contributed by atoms with Gasteiger partial charge in [0.1, 0.15) is 16.9 Å². The predicted molar refractivity (Wildman–Crippen MR) is 104 cm³/mol. The van der Waals surface area contributed by atoms with Crippen LogP contribution < -0.4 is 0 Å². The van der Waals surface area contributed by atoms with E-state index in [-0.39, 0.29) is 6.54 Å². The number of para-hydroxylation sites is 2. The molecule has 6 nitrogen and oxygen atoms in total. The van der Waals surface area contributed by atoms with Crippen molar-refractivity contribution < 1.29 is 18.7 Å². The third-order valence-corrected chi connectivity index (χ3v) is 5.44. The highest BCUT2D eigenvalue weighted by Gasteiger charge is 2.52. The van der Waals surface area contributed by atoms with Gasteiger partial charge in [-0.2, -0.15) is 0 Å². The van der Waals surface area contributed by atoms with Crippen LogP contribution in [0.4, 0.5) is 4.79 Å². The number of esters is 1. The van der Waals surface area contributed by atoms with Crippen molar-refractivity contribution in [2.75, 3.05) is 0 Å². The number of aromatic amines is 1. The molecule has 0 bridgehead atoms. The number of nitrogens with one attached hydrogen (secondary N) is 1. The van der Waals surface area contributed by atoms with Crippen LogP contribution in [0.3, 0.4) is 0 Å². The molecule has 1 aliphatic rings. The van der Waals surface area contributed by atoms with Crippen molar-refractivity contribution in [3.05, 3.63) is 72.1 Å². The van der Waals surface area contributed by atoms with Gasteiger partial charge >= 0.3 is 12.1 Å². The Morgan fingerprint density at radius 3 is 2.71 bits per heavy atom. The molecule has 3 heterocycles. The molecule has 1 fully saturated rings. The Morgan fingerprint density at radius 2 is 1.86 bits per heavy atom. The molecule has 6 heteroatoms. The highest BCUT2D eigenvalue weighted by molar-refractivity contribution is 5.99. The van der Waals surface area contributed by atoms with Gasteiger partial charge in [-0.15, -0.1) is 0 Å². The Balaban J connectivity index is 1.50. The summed E-state index contributed by atoms with van der Waals surface area (Å²) in [6.07, 6.45) is 1.58. The summed E-state index contributed by atoms with van der Waals surface area (Å²) in [4.78, 5) is 29.7. The largest absolute Gasteiger partial charge is 0.459 e. The molecule has 5 rings (SSSR count). The summed E-state index contributed by atoms with van der Waals surface area (Å²) in [6.45, 7) is 1.91. The van der Waals surface area contributed by atoms with Crippen molar-refractivity contribution in [2.24, 2.45) is 0 Å². The molecule has 0 spiro atoms. The van der Waals surface area contributed by atoms with Crippen LogP contribution in [0.5, 0.6) is 0 Å². The number of rotatable bonds is 4. The van der Waals surface area contributed by atoms with E-state index in [9.17, 15) is 9.59 Å². The SMILES string of the molecule is CC1(Cc2c[nH]c3ccccc23)C(=O)OC(=O)N1Cc1cc2ccccc2o1. The van der Waals surface area contributed by atoms with E-state index in [4.69, 9.17) is 9.15 Å². The number of hydrogen-bond donors (Lipinski definition) is 1. The molecule has 1 N–H and O–H groups in total. The maximum absolute atomic E-state index is 12.6. The third-order valence-electron chi connectivity index (χ3n) is 5.44. The molecule has 0 saturated carbocycles. The van der Waals surface area contributed by atoms with Gasteiger partial charge < -0.3 is 14.1 Å². The summed E-state index contributed by atoms with van der Waals surface area (Å²) >= 11 is 0. The highest BCUT2D eigenvalue weighted by atomic mass is 16.6. The lowest BCUT2D eigenvalue weighted by Gasteiger charge is -2.29. The molecular weight excluding hydrogens is 356 g/mol. The first-order chi connectivity index (χ1) is 13.5. The number of amides is 1. The van der Waals surface area contributed by atoms with Crippen molar-refractivity contribution >= 4 is 33.9 Å². The van der Waals surface area contributed by atoms with Gasteiger partial charge in [-0.25, -0.2) is 9.59 Å². The number of benzene rings is 2. The lowest BCUT2D eigenvalue weighted by atomic mass is 9.91. The Hall–Kier alpha value is -3.54. The molecule has 2 aromatic carbocycles. The second-order valence-electron chi connectivity index (χ2n) is 7.30. The fourth-order valence-corrected chi connectivity index (χ4v) is 3.88. The molecule has 1 aliphatic heterocycles. The number of hydrogen-bond acceptors (Lipinski definition) is 4. The summed E-state index contributed by atoms with van der Waals surface area (Å²) in [6, 6.07) is 17.4. The molecule has 2 aromatic heterocycles. The number of nitrogens with zero attached hydrogens (tertiary/aromatic N) is 1. The van der Waals surface area contributed by atoms with Crippen LogP contribution in [0.25, 0.3) is 21.9 Å². The first kappa shape index (κ1) is 16.6. The molecule has 0 aliphatic carbocycles. The lowest BCUT2D eigenvalue weighted by Crippen LogP contribution is -2.48. The van der Waals surface area contributed by atoms with Gasteiger partial charge in [0.25, 0.3) is 0 Å². The average molecular weight is 374 g/mol. The van der Waals surface area contributed by atoms with Gasteiger partial charge in [-0.3, -0.25) is 4.90 Å². The lowest BCUT2D eigenvalue weighted by molar-refractivity contribution is -0.140. The normalized spacial score (nSPS) is 19.7. The van der Waals surface area contributed by atoms with E-state index in [1.807, 2.05) is 60.8 Å². The molecule has 1 saturated heterocycles. The van der Waals surface area contributed by atoms with Crippen LogP contribution in [0.15, 0.2) is 65.2 Å². The Labute approximate surface area is 160 Å². The zero-order chi connectivity index (χ0) is 19.3. The summed E-state index contributed by atoms with van der Waals surface area (Å²) in [5, 5.41) is 1.98. The van der Waals surface area contributed by atoms with Crippen molar-refractivity contribution in [1.29, 1.82) is 0 Å². The zero-order valence-corrected chi connectivity index (χ0v) is 15.3. The number of H-pyrrole nitrogens is 1. The second-order valence-corrected chi connectivity index (χ2v) is 7.30. The predicted octanol–water partition coefficient (Wildman–Crippen LogP) is 4.39. The van der Waals surface area contributed by atoms with E-state index in [1.54, 1.807) is 6.92 Å². The molecular formula is C22H18N2O4. The topological polar surface area (TPSA) is 75.5 Å². The van der Waals surface area contributed by atoms with E-state index in [0.29, 0.717) is 12.2 Å². The standard InChI is InChI=1S/C22H18N2O4/c1-22(11-15-12-23-18-8-4-3-7-17(15)18)20(25)28-21(26)24(22)13-16-10-14-6-2-5-9-19(14)27-16/h2-10,12,23H,11,13H2,1H3. The van der Waals surface area contributed by atoms with E-state index >= 15 is 0 Å². The first-order valence-electron chi connectivity index (χ1n) is 9.11. The number of carbonyl (C=O) groups is 2. The number of aromatic nitrogens is 1. The Kier molecular flexibility index (Phi) is 3.55. The minimum absolute atomic E-state index is 0.165. The summed E-state index contributed by atoms with van der Waals surface area (Å²) in [5.41, 5.74) is 1.58. The van der Waals surface area contributed by atoms with Crippen molar-refractivity contribution in [3.63, 3.8) is 0 Å². The van der Waals surface area contributed by atoms with Crippen LogP contribution in [0.1, 0.15) is 18.2 Å². The number of fused-ring (bicyclic) bond motifs is 2. The average Bonchev–Trinajstić information content (AvgIpc) is 3.34. The van der Waals surface area contributed by atoms with E-state index in [2.05, 4.69) is 4.98 Å². The molecule has 4 aromatic rings. The summed E-state index contributed by atoms with van der Waals surface area (Å²) in [5.74, 6) is 0.0666. The van der Waals surface area contributed by atoms with Crippen LogP contribution in [0.2, 0.25) is 0 Å². The molecule has 0 radical (unpaired) electrons. The molecule has 1 amide bonds. The van der Waals surface area contributed by atoms with Crippen molar-refractivity contribution in [3.8, 4) is 0 Å². The monoisotopic (exact) mass is 374 g/mol. The zero-order valence-electron chi connectivity index (χ0n) is 15.3.